The average molecular weight is 373 g/mol. The fourth-order valence-corrected chi connectivity index (χ4v) is 3.03. The molecule has 0 saturated heterocycles. The minimum atomic E-state index is -0.598. The van der Waals surface area contributed by atoms with Gasteiger partial charge in [0.15, 0.2) is 0 Å². The molecule has 1 aromatic heterocycles. The first kappa shape index (κ1) is 17.9. The maximum Gasteiger partial charge on any atom is 0.247 e. The molecule has 3 aromatic carbocycles. The van der Waals surface area contributed by atoms with Crippen molar-refractivity contribution in [1.29, 1.82) is 0 Å². The monoisotopic (exact) mass is 373 g/mol. The third-order valence-electron chi connectivity index (χ3n) is 4.60. The third kappa shape index (κ3) is 3.78. The fourth-order valence-electron chi connectivity index (χ4n) is 3.03. The van der Waals surface area contributed by atoms with Gasteiger partial charge in [-0.3, -0.25) is 0 Å². The number of rotatable bonds is 6. The highest BCUT2D eigenvalue weighted by molar-refractivity contribution is 5.53. The molecule has 0 saturated carbocycles. The number of aromatic nitrogens is 2. The van der Waals surface area contributed by atoms with Gasteiger partial charge in [-0.25, -0.2) is 4.39 Å². The SMILES string of the molecule is CCc1ccc(N[C@@H](c2nnc(-c3ccccc3)o2)c2ccccc2F)cc1. The van der Waals surface area contributed by atoms with E-state index in [1.54, 1.807) is 18.2 Å². The summed E-state index contributed by atoms with van der Waals surface area (Å²) in [5.74, 6) is 0.383. The summed E-state index contributed by atoms with van der Waals surface area (Å²) < 4.78 is 20.5. The van der Waals surface area contributed by atoms with E-state index in [2.05, 4.69) is 22.4 Å². The van der Waals surface area contributed by atoms with Crippen LogP contribution < -0.4 is 5.32 Å². The lowest BCUT2D eigenvalue weighted by molar-refractivity contribution is 0.485. The summed E-state index contributed by atoms with van der Waals surface area (Å²) in [6, 6.07) is 23.6. The van der Waals surface area contributed by atoms with Crippen LogP contribution in [-0.4, -0.2) is 10.2 Å². The number of benzene rings is 3. The molecule has 0 unspecified atom stereocenters. The lowest BCUT2D eigenvalue weighted by Gasteiger charge is -2.18. The van der Waals surface area contributed by atoms with E-state index < -0.39 is 6.04 Å². The number of hydrogen-bond donors (Lipinski definition) is 1. The second-order valence-corrected chi connectivity index (χ2v) is 6.46. The normalized spacial score (nSPS) is 11.9. The molecule has 4 aromatic rings. The van der Waals surface area contributed by atoms with E-state index in [-0.39, 0.29) is 5.82 Å². The zero-order valence-corrected chi connectivity index (χ0v) is 15.5. The Hall–Kier alpha value is -3.47. The molecule has 4 nitrogen and oxygen atoms in total. The number of anilines is 1. The maximum atomic E-state index is 14.5. The van der Waals surface area contributed by atoms with E-state index in [9.17, 15) is 4.39 Å². The van der Waals surface area contributed by atoms with Gasteiger partial charge in [0, 0.05) is 16.8 Å². The third-order valence-corrected chi connectivity index (χ3v) is 4.60. The summed E-state index contributed by atoms with van der Waals surface area (Å²) in [6.45, 7) is 2.11. The Kier molecular flexibility index (Phi) is 5.15. The van der Waals surface area contributed by atoms with Crippen molar-refractivity contribution in [1.82, 2.24) is 10.2 Å². The van der Waals surface area contributed by atoms with Gasteiger partial charge in [-0.05, 0) is 42.3 Å². The Balaban J connectivity index is 1.71. The summed E-state index contributed by atoms with van der Waals surface area (Å²) in [4.78, 5) is 0. The van der Waals surface area contributed by atoms with Gasteiger partial charge in [0.1, 0.15) is 11.9 Å². The van der Waals surface area contributed by atoms with Crippen molar-refractivity contribution in [3.05, 3.63) is 102 Å². The zero-order chi connectivity index (χ0) is 19.3. The number of aryl methyl sites for hydroxylation is 1. The van der Waals surface area contributed by atoms with Gasteiger partial charge >= 0.3 is 0 Å². The highest BCUT2D eigenvalue weighted by Gasteiger charge is 2.24. The second kappa shape index (κ2) is 8.05. The van der Waals surface area contributed by atoms with Gasteiger partial charge in [0.05, 0.1) is 0 Å². The van der Waals surface area contributed by atoms with E-state index >= 15 is 0 Å². The average Bonchev–Trinajstić information content (AvgIpc) is 3.24. The van der Waals surface area contributed by atoms with E-state index in [0.717, 1.165) is 17.7 Å². The topological polar surface area (TPSA) is 51.0 Å². The number of hydrogen-bond acceptors (Lipinski definition) is 4. The predicted octanol–water partition coefficient (Wildman–Crippen LogP) is 5.64. The summed E-state index contributed by atoms with van der Waals surface area (Å²) in [6.07, 6.45) is 0.959. The number of nitrogens with zero attached hydrogens (tertiary/aromatic N) is 2. The standard InChI is InChI=1S/C23H20FN3O/c1-2-16-12-14-18(15-13-16)25-21(19-10-6-7-11-20(19)24)23-27-26-22(28-23)17-8-4-3-5-9-17/h3-15,21,25H,2H2,1H3/t21-/m1/s1. The van der Waals surface area contributed by atoms with Crippen LogP contribution in [0.15, 0.2) is 83.3 Å². The van der Waals surface area contributed by atoms with Gasteiger partial charge in [0.25, 0.3) is 0 Å². The number of halogens is 1. The van der Waals surface area contributed by atoms with Crippen LogP contribution >= 0.6 is 0 Å². The van der Waals surface area contributed by atoms with Crippen LogP contribution in [0.25, 0.3) is 11.5 Å². The Morgan fingerprint density at radius 1 is 0.893 bits per heavy atom. The van der Waals surface area contributed by atoms with Crippen LogP contribution in [0, 0.1) is 5.82 Å². The molecule has 140 valence electrons. The van der Waals surface area contributed by atoms with E-state index in [0.29, 0.717) is 17.3 Å². The molecule has 0 aliphatic carbocycles. The van der Waals surface area contributed by atoms with Gasteiger partial charge in [0.2, 0.25) is 11.8 Å². The lowest BCUT2D eigenvalue weighted by atomic mass is 10.1. The first-order chi connectivity index (χ1) is 13.7. The highest BCUT2D eigenvalue weighted by Crippen LogP contribution is 2.30. The van der Waals surface area contributed by atoms with E-state index in [1.807, 2.05) is 54.6 Å². The molecule has 0 amide bonds. The molecule has 1 N–H and O–H groups in total. The first-order valence-corrected chi connectivity index (χ1v) is 9.23. The summed E-state index contributed by atoms with van der Waals surface area (Å²) in [7, 11) is 0. The molecule has 0 radical (unpaired) electrons. The Morgan fingerprint density at radius 2 is 1.61 bits per heavy atom. The molecule has 0 spiro atoms. The Morgan fingerprint density at radius 3 is 2.32 bits per heavy atom. The minimum absolute atomic E-state index is 0.309. The minimum Gasteiger partial charge on any atom is -0.418 e. The van der Waals surface area contributed by atoms with Crippen molar-refractivity contribution >= 4 is 5.69 Å². The van der Waals surface area contributed by atoms with Gasteiger partial charge in [-0.15, -0.1) is 10.2 Å². The van der Waals surface area contributed by atoms with Gasteiger partial charge in [-0.2, -0.15) is 0 Å². The molecular formula is C23H20FN3O. The van der Waals surface area contributed by atoms with E-state index in [4.69, 9.17) is 4.42 Å². The molecule has 1 heterocycles. The largest absolute Gasteiger partial charge is 0.418 e. The molecule has 4 rings (SSSR count). The van der Waals surface area contributed by atoms with Crippen molar-refractivity contribution in [3.63, 3.8) is 0 Å². The molecule has 1 atom stereocenters. The van der Waals surface area contributed by atoms with E-state index in [1.165, 1.54) is 11.6 Å². The number of nitrogens with one attached hydrogen (secondary N) is 1. The quantitative estimate of drug-likeness (QED) is 0.475. The molecule has 0 aliphatic rings. The van der Waals surface area contributed by atoms with Crippen molar-refractivity contribution in [3.8, 4) is 11.5 Å². The Labute approximate surface area is 163 Å². The molecule has 0 aliphatic heterocycles. The zero-order valence-electron chi connectivity index (χ0n) is 15.5. The summed E-state index contributed by atoms with van der Waals surface area (Å²) >= 11 is 0. The maximum absolute atomic E-state index is 14.5. The van der Waals surface area contributed by atoms with Crippen LogP contribution in [0.1, 0.15) is 30.0 Å². The van der Waals surface area contributed by atoms with Crippen molar-refractivity contribution < 1.29 is 8.81 Å². The lowest BCUT2D eigenvalue weighted by Crippen LogP contribution is -2.14. The molecule has 28 heavy (non-hydrogen) atoms. The van der Waals surface area contributed by atoms with Crippen LogP contribution in [0.3, 0.4) is 0 Å². The fraction of sp³-hybridized carbons (Fsp3) is 0.130. The predicted molar refractivity (Wildman–Crippen MR) is 107 cm³/mol. The molecular weight excluding hydrogens is 353 g/mol. The second-order valence-electron chi connectivity index (χ2n) is 6.46. The van der Waals surface area contributed by atoms with Crippen molar-refractivity contribution in [2.24, 2.45) is 0 Å². The summed E-state index contributed by atoms with van der Waals surface area (Å²) in [5, 5.41) is 11.7. The Bertz CT molecular complexity index is 1040. The van der Waals surface area contributed by atoms with Crippen molar-refractivity contribution in [2.45, 2.75) is 19.4 Å². The van der Waals surface area contributed by atoms with Gasteiger partial charge in [-0.1, -0.05) is 55.5 Å². The first-order valence-electron chi connectivity index (χ1n) is 9.23. The van der Waals surface area contributed by atoms with Crippen molar-refractivity contribution in [2.75, 3.05) is 5.32 Å². The smallest absolute Gasteiger partial charge is 0.247 e. The molecule has 0 fully saturated rings. The van der Waals surface area contributed by atoms with Crippen LogP contribution in [0.4, 0.5) is 10.1 Å². The molecule has 5 heteroatoms. The highest BCUT2D eigenvalue weighted by atomic mass is 19.1. The van der Waals surface area contributed by atoms with Crippen LogP contribution in [0.5, 0.6) is 0 Å². The van der Waals surface area contributed by atoms with Crippen LogP contribution in [0.2, 0.25) is 0 Å². The molecule has 0 bridgehead atoms. The summed E-state index contributed by atoms with van der Waals surface area (Å²) in [5.41, 5.74) is 3.35. The van der Waals surface area contributed by atoms with Crippen LogP contribution in [-0.2, 0) is 6.42 Å². The van der Waals surface area contributed by atoms with Gasteiger partial charge < -0.3 is 9.73 Å².